The van der Waals surface area contributed by atoms with Gasteiger partial charge in [-0.3, -0.25) is 4.57 Å². The smallest absolute Gasteiger partial charge is 0.144 e. The Kier molecular flexibility index (Phi) is 9.68. The highest BCUT2D eigenvalue weighted by atomic mass is 15.1. The first-order chi connectivity index (χ1) is 24.1. The van der Waals surface area contributed by atoms with E-state index in [9.17, 15) is 0 Å². The van der Waals surface area contributed by atoms with Crippen LogP contribution in [-0.4, -0.2) is 9.55 Å². The summed E-state index contributed by atoms with van der Waals surface area (Å²) < 4.78 is 2.45. The molecule has 2 atom stereocenters. The monoisotopic (exact) mass is 662 g/mol. The number of benzene rings is 4. The molecule has 2 saturated carbocycles. The number of aryl methyl sites for hydroxylation is 2. The predicted molar refractivity (Wildman–Crippen MR) is 214 cm³/mol. The van der Waals surface area contributed by atoms with Gasteiger partial charge in [-0.05, 0) is 106 Å². The average Bonchev–Trinajstić information content (AvgIpc) is 3.54. The summed E-state index contributed by atoms with van der Waals surface area (Å²) in [7, 11) is 0. The molecule has 4 aromatic carbocycles. The maximum atomic E-state index is 5.24. The Morgan fingerprint density at radius 3 is 2.20 bits per heavy atom. The van der Waals surface area contributed by atoms with E-state index in [4.69, 9.17) is 4.98 Å². The van der Waals surface area contributed by atoms with Gasteiger partial charge in [0.25, 0.3) is 0 Å². The molecule has 2 fully saturated rings. The zero-order valence-corrected chi connectivity index (χ0v) is 31.9. The molecule has 7 rings (SSSR count). The van der Waals surface area contributed by atoms with Crippen LogP contribution >= 0.6 is 0 Å². The topological polar surface area (TPSA) is 17.8 Å². The van der Waals surface area contributed by atoms with Crippen molar-refractivity contribution in [3.05, 3.63) is 119 Å². The van der Waals surface area contributed by atoms with Gasteiger partial charge in [0, 0.05) is 18.0 Å². The Bertz CT molecular complexity index is 1960. The Balaban J connectivity index is 1.41. The fraction of sp³-hybridized carbons (Fsp3) is 0.438. The van der Waals surface area contributed by atoms with Crippen molar-refractivity contribution in [1.82, 2.24) is 9.55 Å². The molecule has 0 bridgehead atoms. The van der Waals surface area contributed by atoms with Crippen molar-refractivity contribution in [2.75, 3.05) is 0 Å². The molecule has 2 aliphatic carbocycles. The molecule has 0 aliphatic heterocycles. The molecular formula is C48H58N2. The molecule has 1 aromatic heterocycles. The van der Waals surface area contributed by atoms with Gasteiger partial charge in [0.15, 0.2) is 0 Å². The van der Waals surface area contributed by atoms with Crippen LogP contribution in [0.3, 0.4) is 0 Å². The van der Waals surface area contributed by atoms with E-state index in [-0.39, 0.29) is 5.41 Å². The van der Waals surface area contributed by atoms with E-state index in [1.807, 2.05) is 6.20 Å². The number of aromatic nitrogens is 2. The van der Waals surface area contributed by atoms with Crippen LogP contribution in [0, 0.1) is 25.7 Å². The average molecular weight is 663 g/mol. The van der Waals surface area contributed by atoms with Crippen LogP contribution < -0.4 is 0 Å². The molecule has 0 amide bonds. The van der Waals surface area contributed by atoms with E-state index in [2.05, 4.69) is 139 Å². The van der Waals surface area contributed by atoms with Gasteiger partial charge in [0.1, 0.15) is 5.82 Å². The van der Waals surface area contributed by atoms with Gasteiger partial charge in [-0.15, -0.1) is 0 Å². The molecule has 0 radical (unpaired) electrons. The Hall–Kier alpha value is -3.91. The lowest BCUT2D eigenvalue weighted by Crippen LogP contribution is -2.12. The number of hydrogen-bond donors (Lipinski definition) is 0. The highest BCUT2D eigenvalue weighted by Gasteiger charge is 2.51. The van der Waals surface area contributed by atoms with Crippen LogP contribution in [0.1, 0.15) is 132 Å². The molecule has 1 unspecified atom stereocenters. The van der Waals surface area contributed by atoms with Crippen molar-refractivity contribution in [3.63, 3.8) is 0 Å². The largest absolute Gasteiger partial charge is 0.299 e. The van der Waals surface area contributed by atoms with Crippen LogP contribution in [0.2, 0.25) is 0 Å². The second-order valence-corrected chi connectivity index (χ2v) is 16.7. The van der Waals surface area contributed by atoms with Crippen LogP contribution in [0.4, 0.5) is 0 Å². The molecule has 0 saturated heterocycles. The van der Waals surface area contributed by atoms with Crippen molar-refractivity contribution in [2.24, 2.45) is 11.8 Å². The number of hydrogen-bond acceptors (Lipinski definition) is 1. The van der Waals surface area contributed by atoms with Gasteiger partial charge in [-0.2, -0.15) is 0 Å². The lowest BCUT2D eigenvalue weighted by molar-refractivity contribution is 0.357. The maximum absolute atomic E-state index is 5.24. The van der Waals surface area contributed by atoms with E-state index in [1.165, 1.54) is 118 Å². The second-order valence-electron chi connectivity index (χ2n) is 16.7. The second kappa shape index (κ2) is 14.0. The molecular weight excluding hydrogens is 605 g/mol. The minimum absolute atomic E-state index is 0.172. The molecule has 0 N–H and O–H groups in total. The third kappa shape index (κ3) is 6.63. The zero-order valence-electron chi connectivity index (χ0n) is 31.9. The van der Waals surface area contributed by atoms with E-state index >= 15 is 0 Å². The summed E-state index contributed by atoms with van der Waals surface area (Å²) >= 11 is 0. The van der Waals surface area contributed by atoms with Gasteiger partial charge >= 0.3 is 0 Å². The van der Waals surface area contributed by atoms with Crippen molar-refractivity contribution in [1.29, 1.82) is 0 Å². The third-order valence-electron chi connectivity index (χ3n) is 12.2. The summed E-state index contributed by atoms with van der Waals surface area (Å²) in [6.45, 7) is 18.6. The number of nitrogens with zero attached hydrogens (tertiary/aromatic N) is 2. The Labute approximate surface area is 302 Å². The Morgan fingerprint density at radius 2 is 1.52 bits per heavy atom. The van der Waals surface area contributed by atoms with Gasteiger partial charge < -0.3 is 0 Å². The van der Waals surface area contributed by atoms with Gasteiger partial charge in [-0.1, -0.05) is 158 Å². The SMILES string of the molecule is CC[C@H]1CC1(C)c1ccc(-c2cccc(CC3CCCCC3)c2)cc1-c1nccn1-c1c(C(C)C)ccc(-c2cc(C)cc(C)c2)c1C(C)C. The first kappa shape index (κ1) is 34.5. The first-order valence-corrected chi connectivity index (χ1v) is 19.6. The summed E-state index contributed by atoms with van der Waals surface area (Å²) in [5.41, 5.74) is 16.3. The number of rotatable bonds is 10. The summed E-state index contributed by atoms with van der Waals surface area (Å²) in [5, 5.41) is 0. The zero-order chi connectivity index (χ0) is 35.2. The van der Waals surface area contributed by atoms with Crippen molar-refractivity contribution >= 4 is 0 Å². The van der Waals surface area contributed by atoms with E-state index in [0.29, 0.717) is 17.8 Å². The van der Waals surface area contributed by atoms with Crippen molar-refractivity contribution < 1.29 is 0 Å². The minimum atomic E-state index is 0.172. The summed E-state index contributed by atoms with van der Waals surface area (Å²) in [6, 6.07) is 28.5. The van der Waals surface area contributed by atoms with Crippen LogP contribution in [0.5, 0.6) is 0 Å². The molecule has 0 spiro atoms. The molecule has 2 nitrogen and oxygen atoms in total. The van der Waals surface area contributed by atoms with E-state index in [1.54, 1.807) is 0 Å². The van der Waals surface area contributed by atoms with Crippen LogP contribution in [0.15, 0.2) is 85.2 Å². The maximum Gasteiger partial charge on any atom is 0.144 e. The minimum Gasteiger partial charge on any atom is -0.299 e. The normalized spacial score (nSPS) is 19.4. The fourth-order valence-corrected chi connectivity index (χ4v) is 9.40. The summed E-state index contributed by atoms with van der Waals surface area (Å²) in [5.74, 6) is 3.30. The third-order valence-corrected chi connectivity index (χ3v) is 12.2. The predicted octanol–water partition coefficient (Wildman–Crippen LogP) is 13.5. The molecule has 260 valence electrons. The van der Waals surface area contributed by atoms with Gasteiger partial charge in [-0.25, -0.2) is 4.98 Å². The van der Waals surface area contributed by atoms with Crippen molar-refractivity contribution in [3.8, 4) is 39.3 Å². The van der Waals surface area contributed by atoms with E-state index < -0.39 is 0 Å². The van der Waals surface area contributed by atoms with Gasteiger partial charge in [0.05, 0.1) is 5.69 Å². The van der Waals surface area contributed by atoms with Crippen molar-refractivity contribution in [2.45, 2.75) is 124 Å². The molecule has 2 aliphatic rings. The quantitative estimate of drug-likeness (QED) is 0.145. The van der Waals surface area contributed by atoms with Crippen LogP contribution in [0.25, 0.3) is 39.3 Å². The molecule has 1 heterocycles. The first-order valence-electron chi connectivity index (χ1n) is 19.6. The summed E-state index contributed by atoms with van der Waals surface area (Å²) in [6.07, 6.45) is 14.9. The fourth-order valence-electron chi connectivity index (χ4n) is 9.40. The van der Waals surface area contributed by atoms with Crippen LogP contribution in [-0.2, 0) is 11.8 Å². The molecule has 50 heavy (non-hydrogen) atoms. The standard InChI is InChI=1S/C48H58N2/c1-9-40-30-48(40,8)44-21-18-38(37-17-13-16-36(28-37)27-35-14-11-10-12-15-35)29-43(44)47-49-22-23-50(47)46-41(31(2)3)19-20-42(45(46)32(4)5)39-25-33(6)24-34(7)26-39/h13,16-26,28-29,31-32,35,40H,9-12,14-15,27,30H2,1-8H3/t40-,48?/m0/s1. The summed E-state index contributed by atoms with van der Waals surface area (Å²) in [4.78, 5) is 5.24. The molecule has 2 heteroatoms. The lowest BCUT2D eigenvalue weighted by atomic mass is 9.84. The number of imidazole rings is 1. The van der Waals surface area contributed by atoms with E-state index in [0.717, 1.165) is 11.7 Å². The Morgan fingerprint density at radius 1 is 0.780 bits per heavy atom. The highest BCUT2D eigenvalue weighted by Crippen LogP contribution is 2.58. The van der Waals surface area contributed by atoms with Gasteiger partial charge in [0.2, 0.25) is 0 Å². The lowest BCUT2D eigenvalue weighted by Gasteiger charge is -2.26. The molecule has 5 aromatic rings. The highest BCUT2D eigenvalue weighted by molar-refractivity contribution is 5.79.